The van der Waals surface area contributed by atoms with Crippen LogP contribution in [0.3, 0.4) is 0 Å². The van der Waals surface area contributed by atoms with Crippen LogP contribution in [0, 0.1) is 11.3 Å². The van der Waals surface area contributed by atoms with E-state index in [9.17, 15) is 5.26 Å². The summed E-state index contributed by atoms with van der Waals surface area (Å²) < 4.78 is 0. The minimum absolute atomic E-state index is 0.514. The van der Waals surface area contributed by atoms with Crippen molar-refractivity contribution in [3.8, 4) is 6.07 Å². The third-order valence-electron chi connectivity index (χ3n) is 4.74. The number of likely N-dealkylation sites (tertiary alicyclic amines) is 1. The lowest BCUT2D eigenvalue weighted by atomic mass is 9.87. The van der Waals surface area contributed by atoms with E-state index in [2.05, 4.69) is 28.4 Å². The van der Waals surface area contributed by atoms with Gasteiger partial charge in [0.15, 0.2) is 0 Å². The summed E-state index contributed by atoms with van der Waals surface area (Å²) in [5, 5.41) is 13.5. The zero-order chi connectivity index (χ0) is 14.5. The summed E-state index contributed by atoms with van der Waals surface area (Å²) in [6.07, 6.45) is 7.27. The molecule has 0 bridgehead atoms. The molecule has 112 valence electrons. The molecule has 0 amide bonds. The van der Waals surface area contributed by atoms with Gasteiger partial charge in [0.2, 0.25) is 0 Å². The molecule has 1 aromatic rings. The molecule has 1 saturated heterocycles. The van der Waals surface area contributed by atoms with Crippen molar-refractivity contribution >= 4 is 0 Å². The highest BCUT2D eigenvalue weighted by atomic mass is 15.1. The zero-order valence-electron chi connectivity index (χ0n) is 12.7. The quantitative estimate of drug-likeness (QED) is 0.872. The van der Waals surface area contributed by atoms with Crippen molar-refractivity contribution in [2.45, 2.75) is 50.1 Å². The summed E-state index contributed by atoms with van der Waals surface area (Å²) >= 11 is 0. The second kappa shape index (κ2) is 6.60. The minimum atomic E-state index is -0.514. The number of rotatable bonds is 6. The molecule has 1 aromatic carbocycles. The number of hydrogen-bond donors (Lipinski definition) is 1. The molecule has 2 fully saturated rings. The average molecular weight is 283 g/mol. The van der Waals surface area contributed by atoms with Gasteiger partial charge in [-0.2, -0.15) is 5.26 Å². The Balaban J connectivity index is 1.73. The predicted octanol–water partition coefficient (Wildman–Crippen LogP) is 3.03. The molecule has 3 nitrogen and oxygen atoms in total. The van der Waals surface area contributed by atoms with E-state index in [1.165, 1.54) is 45.2 Å². The molecule has 0 spiro atoms. The van der Waals surface area contributed by atoms with Crippen molar-refractivity contribution in [1.29, 1.82) is 5.26 Å². The van der Waals surface area contributed by atoms with Crippen molar-refractivity contribution in [2.24, 2.45) is 0 Å². The molecule has 1 saturated carbocycles. The third kappa shape index (κ3) is 3.64. The van der Waals surface area contributed by atoms with E-state index in [0.717, 1.165) is 18.5 Å². The van der Waals surface area contributed by atoms with Gasteiger partial charge in [-0.1, -0.05) is 36.8 Å². The molecule has 1 N–H and O–H groups in total. The summed E-state index contributed by atoms with van der Waals surface area (Å²) in [5.74, 6) is 0. The summed E-state index contributed by atoms with van der Waals surface area (Å²) in [6.45, 7) is 3.40. The van der Waals surface area contributed by atoms with Gasteiger partial charge in [0, 0.05) is 12.6 Å². The number of nitriles is 1. The van der Waals surface area contributed by atoms with Crippen LogP contribution in [0.4, 0.5) is 0 Å². The number of benzene rings is 1. The Hall–Kier alpha value is -1.37. The van der Waals surface area contributed by atoms with E-state index in [1.807, 2.05) is 18.2 Å². The van der Waals surface area contributed by atoms with Crippen LogP contribution < -0.4 is 5.32 Å². The van der Waals surface area contributed by atoms with E-state index < -0.39 is 5.54 Å². The van der Waals surface area contributed by atoms with E-state index in [4.69, 9.17) is 0 Å². The Kier molecular flexibility index (Phi) is 4.57. The lowest BCUT2D eigenvalue weighted by molar-refractivity contribution is 0.205. The Bertz CT molecular complexity index is 483. The normalized spacial score (nSPS) is 22.4. The SMILES string of the molecule is N#CC(CCN1CCCCC1)(NC1CC1)c1ccccc1. The maximum absolute atomic E-state index is 9.91. The van der Waals surface area contributed by atoms with Gasteiger partial charge in [-0.25, -0.2) is 0 Å². The van der Waals surface area contributed by atoms with E-state index in [1.54, 1.807) is 0 Å². The van der Waals surface area contributed by atoms with Crippen LogP contribution in [0.1, 0.15) is 44.1 Å². The third-order valence-corrected chi connectivity index (χ3v) is 4.74. The molecule has 3 heteroatoms. The van der Waals surface area contributed by atoms with Gasteiger partial charge in [-0.3, -0.25) is 5.32 Å². The van der Waals surface area contributed by atoms with Crippen molar-refractivity contribution in [3.63, 3.8) is 0 Å². The molecular weight excluding hydrogens is 258 g/mol. The van der Waals surface area contributed by atoms with Crippen LogP contribution >= 0.6 is 0 Å². The van der Waals surface area contributed by atoms with Crippen LogP contribution in [0.15, 0.2) is 30.3 Å². The zero-order valence-corrected chi connectivity index (χ0v) is 12.7. The Morgan fingerprint density at radius 1 is 1.14 bits per heavy atom. The van der Waals surface area contributed by atoms with E-state index >= 15 is 0 Å². The highest BCUT2D eigenvalue weighted by Crippen LogP contribution is 2.31. The highest BCUT2D eigenvalue weighted by molar-refractivity contribution is 5.32. The number of piperidine rings is 1. The molecule has 3 rings (SSSR count). The standard InChI is InChI=1S/C18H25N3/c19-15-18(20-17-9-10-17,16-7-3-1-4-8-16)11-14-21-12-5-2-6-13-21/h1,3-4,7-8,17,20H,2,5-6,9-14H2. The largest absolute Gasteiger partial charge is 0.303 e. The van der Waals surface area contributed by atoms with Crippen LogP contribution in [0.2, 0.25) is 0 Å². The lowest BCUT2D eigenvalue weighted by Crippen LogP contribution is -2.45. The van der Waals surface area contributed by atoms with Crippen molar-refractivity contribution in [3.05, 3.63) is 35.9 Å². The maximum Gasteiger partial charge on any atom is 0.133 e. The smallest absolute Gasteiger partial charge is 0.133 e. The van der Waals surface area contributed by atoms with Crippen molar-refractivity contribution in [2.75, 3.05) is 19.6 Å². The molecule has 1 atom stereocenters. The second-order valence-corrected chi connectivity index (χ2v) is 6.45. The summed E-state index contributed by atoms with van der Waals surface area (Å²) in [6, 6.07) is 13.4. The summed E-state index contributed by atoms with van der Waals surface area (Å²) in [4.78, 5) is 2.52. The first-order valence-corrected chi connectivity index (χ1v) is 8.29. The van der Waals surface area contributed by atoms with E-state index in [0.29, 0.717) is 6.04 Å². The van der Waals surface area contributed by atoms with E-state index in [-0.39, 0.29) is 0 Å². The van der Waals surface area contributed by atoms with Crippen molar-refractivity contribution < 1.29 is 0 Å². The molecule has 21 heavy (non-hydrogen) atoms. The van der Waals surface area contributed by atoms with Gasteiger partial charge in [0.1, 0.15) is 5.54 Å². The summed E-state index contributed by atoms with van der Waals surface area (Å²) in [7, 11) is 0. The molecule has 1 unspecified atom stereocenters. The first-order valence-electron chi connectivity index (χ1n) is 8.29. The molecular formula is C18H25N3. The van der Waals surface area contributed by atoms with Crippen LogP contribution in [-0.2, 0) is 5.54 Å². The van der Waals surface area contributed by atoms with Crippen LogP contribution in [-0.4, -0.2) is 30.6 Å². The van der Waals surface area contributed by atoms with Crippen LogP contribution in [0.5, 0.6) is 0 Å². The van der Waals surface area contributed by atoms with Gasteiger partial charge in [-0.05, 0) is 50.8 Å². The van der Waals surface area contributed by atoms with Gasteiger partial charge in [0.05, 0.1) is 6.07 Å². The molecule has 1 aliphatic carbocycles. The number of hydrogen-bond acceptors (Lipinski definition) is 3. The van der Waals surface area contributed by atoms with Gasteiger partial charge in [0.25, 0.3) is 0 Å². The topological polar surface area (TPSA) is 39.1 Å². The van der Waals surface area contributed by atoms with Crippen molar-refractivity contribution in [1.82, 2.24) is 10.2 Å². The minimum Gasteiger partial charge on any atom is -0.303 e. The first kappa shape index (κ1) is 14.6. The second-order valence-electron chi connectivity index (χ2n) is 6.45. The van der Waals surface area contributed by atoms with Crippen LogP contribution in [0.25, 0.3) is 0 Å². The molecule has 0 aromatic heterocycles. The molecule has 2 aliphatic rings. The number of nitrogens with one attached hydrogen (secondary N) is 1. The lowest BCUT2D eigenvalue weighted by Gasteiger charge is -2.33. The summed E-state index contributed by atoms with van der Waals surface area (Å²) in [5.41, 5.74) is 0.608. The number of nitrogens with zero attached hydrogens (tertiary/aromatic N) is 2. The average Bonchev–Trinajstić information content (AvgIpc) is 3.37. The highest BCUT2D eigenvalue weighted by Gasteiger charge is 2.38. The molecule has 1 aliphatic heterocycles. The fourth-order valence-electron chi connectivity index (χ4n) is 3.26. The van der Waals surface area contributed by atoms with Gasteiger partial charge < -0.3 is 4.90 Å². The monoisotopic (exact) mass is 283 g/mol. The molecule has 1 heterocycles. The maximum atomic E-state index is 9.91. The Morgan fingerprint density at radius 2 is 1.86 bits per heavy atom. The predicted molar refractivity (Wildman–Crippen MR) is 84.8 cm³/mol. The Labute approximate surface area is 128 Å². The van der Waals surface area contributed by atoms with Gasteiger partial charge >= 0.3 is 0 Å². The van der Waals surface area contributed by atoms with Gasteiger partial charge in [-0.15, -0.1) is 0 Å². The Morgan fingerprint density at radius 3 is 2.48 bits per heavy atom. The fourth-order valence-corrected chi connectivity index (χ4v) is 3.26. The fraction of sp³-hybridized carbons (Fsp3) is 0.611. The molecule has 0 radical (unpaired) electrons. The first-order chi connectivity index (χ1) is 10.3.